The summed E-state index contributed by atoms with van der Waals surface area (Å²) in [4.78, 5) is 13.1. The van der Waals surface area contributed by atoms with Gasteiger partial charge >= 0.3 is 6.09 Å². The Labute approximate surface area is 131 Å². The molecule has 6 nitrogen and oxygen atoms in total. The van der Waals surface area contributed by atoms with Gasteiger partial charge in [-0.05, 0) is 18.4 Å². The van der Waals surface area contributed by atoms with Crippen LogP contribution in [-0.4, -0.2) is 62.8 Å². The van der Waals surface area contributed by atoms with Gasteiger partial charge in [-0.15, -0.1) is 0 Å². The summed E-state index contributed by atoms with van der Waals surface area (Å²) in [6, 6.07) is 9.58. The van der Waals surface area contributed by atoms with Crippen LogP contribution in [0.3, 0.4) is 0 Å². The molecule has 0 N–H and O–H groups in total. The lowest BCUT2D eigenvalue weighted by Gasteiger charge is -2.21. The number of carbonyl (C=O) groups is 1. The molecule has 22 heavy (non-hydrogen) atoms. The first-order valence-corrected chi connectivity index (χ1v) is 8.98. The van der Waals surface area contributed by atoms with E-state index in [4.69, 9.17) is 4.74 Å². The predicted octanol–water partition coefficient (Wildman–Crippen LogP) is 1.33. The second-order valence-electron chi connectivity index (χ2n) is 5.26. The lowest BCUT2D eigenvalue weighted by atomic mass is 10.2. The second kappa shape index (κ2) is 7.60. The Balaban J connectivity index is 1.93. The highest BCUT2D eigenvalue weighted by Crippen LogP contribution is 2.11. The molecule has 7 heteroatoms. The van der Waals surface area contributed by atoms with Gasteiger partial charge in [0, 0.05) is 26.2 Å². The predicted molar refractivity (Wildman–Crippen MR) is 84.1 cm³/mol. The number of amides is 1. The summed E-state index contributed by atoms with van der Waals surface area (Å²) in [5, 5.41) is 0. The highest BCUT2D eigenvalue weighted by Gasteiger charge is 2.26. The van der Waals surface area contributed by atoms with Gasteiger partial charge in [-0.3, -0.25) is 0 Å². The first kappa shape index (κ1) is 16.8. The first-order chi connectivity index (χ1) is 10.5. The number of hydrogen-bond acceptors (Lipinski definition) is 4. The molecule has 0 spiro atoms. The van der Waals surface area contributed by atoms with Gasteiger partial charge in [0.15, 0.2) is 0 Å². The van der Waals surface area contributed by atoms with Crippen molar-refractivity contribution in [1.29, 1.82) is 0 Å². The third-order valence-corrected chi connectivity index (χ3v) is 5.64. The maximum Gasteiger partial charge on any atom is 0.409 e. The molecule has 0 aromatic heterocycles. The van der Waals surface area contributed by atoms with Crippen LogP contribution < -0.4 is 0 Å². The van der Waals surface area contributed by atoms with Crippen molar-refractivity contribution in [2.45, 2.75) is 12.8 Å². The zero-order valence-electron chi connectivity index (χ0n) is 12.8. The molecule has 0 atom stereocenters. The Kier molecular flexibility index (Phi) is 5.79. The van der Waals surface area contributed by atoms with Crippen molar-refractivity contribution in [1.82, 2.24) is 9.21 Å². The summed E-state index contributed by atoms with van der Waals surface area (Å²) in [6.45, 7) is 1.67. The largest absolute Gasteiger partial charge is 0.453 e. The van der Waals surface area contributed by atoms with Crippen molar-refractivity contribution in [2.75, 3.05) is 39.0 Å². The zero-order chi connectivity index (χ0) is 16.0. The van der Waals surface area contributed by atoms with Crippen LogP contribution in [0.25, 0.3) is 0 Å². The lowest BCUT2D eigenvalue weighted by molar-refractivity contribution is 0.126. The van der Waals surface area contributed by atoms with Gasteiger partial charge in [-0.2, -0.15) is 0 Å². The fourth-order valence-electron chi connectivity index (χ4n) is 2.50. The SMILES string of the molecule is COC(=O)N1CCCN(S(=O)(=O)CCc2ccccc2)CC1. The van der Waals surface area contributed by atoms with Crippen molar-refractivity contribution >= 4 is 16.1 Å². The van der Waals surface area contributed by atoms with E-state index in [0.29, 0.717) is 39.0 Å². The van der Waals surface area contributed by atoms with Crippen LogP contribution in [0.1, 0.15) is 12.0 Å². The van der Waals surface area contributed by atoms with Gasteiger partial charge in [0.05, 0.1) is 12.9 Å². The number of sulfonamides is 1. The summed E-state index contributed by atoms with van der Waals surface area (Å²) in [7, 11) is -1.97. The molecule has 0 bridgehead atoms. The molecule has 1 amide bonds. The van der Waals surface area contributed by atoms with E-state index in [2.05, 4.69) is 0 Å². The molecule has 1 aromatic carbocycles. The molecule has 0 radical (unpaired) electrons. The number of carbonyl (C=O) groups excluding carboxylic acids is 1. The van der Waals surface area contributed by atoms with E-state index in [-0.39, 0.29) is 5.75 Å². The van der Waals surface area contributed by atoms with Crippen LogP contribution >= 0.6 is 0 Å². The van der Waals surface area contributed by atoms with Crippen LogP contribution in [0.2, 0.25) is 0 Å². The molecule has 2 rings (SSSR count). The van der Waals surface area contributed by atoms with Crippen molar-refractivity contribution < 1.29 is 17.9 Å². The van der Waals surface area contributed by atoms with E-state index in [0.717, 1.165) is 5.56 Å². The maximum atomic E-state index is 12.4. The second-order valence-corrected chi connectivity index (χ2v) is 7.35. The van der Waals surface area contributed by atoms with E-state index in [1.165, 1.54) is 11.4 Å². The molecule has 1 aliphatic rings. The van der Waals surface area contributed by atoms with E-state index in [9.17, 15) is 13.2 Å². The van der Waals surface area contributed by atoms with E-state index < -0.39 is 16.1 Å². The van der Waals surface area contributed by atoms with Crippen LogP contribution in [0, 0.1) is 0 Å². The molecular weight excluding hydrogens is 304 g/mol. The summed E-state index contributed by atoms with van der Waals surface area (Å²) >= 11 is 0. The van der Waals surface area contributed by atoms with Crippen molar-refractivity contribution in [3.63, 3.8) is 0 Å². The molecular formula is C15H22N2O4S. The fourth-order valence-corrected chi connectivity index (χ4v) is 4.02. The zero-order valence-corrected chi connectivity index (χ0v) is 13.6. The summed E-state index contributed by atoms with van der Waals surface area (Å²) < 4.78 is 31.1. The van der Waals surface area contributed by atoms with Gasteiger partial charge in [0.2, 0.25) is 10.0 Å². The average molecular weight is 326 g/mol. The molecule has 1 fully saturated rings. The van der Waals surface area contributed by atoms with Crippen molar-refractivity contribution in [3.05, 3.63) is 35.9 Å². The summed E-state index contributed by atoms with van der Waals surface area (Å²) in [6.07, 6.45) is 0.726. The third-order valence-electron chi connectivity index (χ3n) is 3.77. The summed E-state index contributed by atoms with van der Waals surface area (Å²) in [5.74, 6) is 0.0925. The minimum absolute atomic E-state index is 0.0925. The Morgan fingerprint density at radius 2 is 1.86 bits per heavy atom. The number of ether oxygens (including phenoxy) is 1. The third kappa shape index (κ3) is 4.45. The smallest absolute Gasteiger partial charge is 0.409 e. The number of benzene rings is 1. The number of methoxy groups -OCH3 is 1. The van der Waals surface area contributed by atoms with Gasteiger partial charge in [-0.25, -0.2) is 17.5 Å². The maximum absolute atomic E-state index is 12.4. The van der Waals surface area contributed by atoms with Crippen LogP contribution in [0.15, 0.2) is 30.3 Å². The highest BCUT2D eigenvalue weighted by molar-refractivity contribution is 7.89. The normalized spacial score (nSPS) is 17.0. The minimum atomic E-state index is -3.31. The topological polar surface area (TPSA) is 66.9 Å². The van der Waals surface area contributed by atoms with Gasteiger partial charge < -0.3 is 9.64 Å². The standard InChI is InChI=1S/C15H22N2O4S/c1-21-15(18)16-9-5-10-17(12-11-16)22(19,20)13-8-14-6-3-2-4-7-14/h2-4,6-7H,5,8-13H2,1H3. The van der Waals surface area contributed by atoms with Crippen LogP contribution in [0.5, 0.6) is 0 Å². The molecule has 1 heterocycles. The number of hydrogen-bond donors (Lipinski definition) is 0. The van der Waals surface area contributed by atoms with Crippen LogP contribution in [-0.2, 0) is 21.2 Å². The van der Waals surface area contributed by atoms with Gasteiger partial charge in [0.1, 0.15) is 0 Å². The molecule has 122 valence electrons. The van der Waals surface area contributed by atoms with E-state index in [1.54, 1.807) is 4.90 Å². The lowest BCUT2D eigenvalue weighted by Crippen LogP contribution is -2.38. The first-order valence-electron chi connectivity index (χ1n) is 7.37. The Morgan fingerprint density at radius 3 is 2.55 bits per heavy atom. The molecule has 1 aliphatic heterocycles. The highest BCUT2D eigenvalue weighted by atomic mass is 32.2. The number of nitrogens with zero attached hydrogens (tertiary/aromatic N) is 2. The number of rotatable bonds is 4. The van der Waals surface area contributed by atoms with Gasteiger partial charge in [-0.1, -0.05) is 30.3 Å². The average Bonchev–Trinajstić information content (AvgIpc) is 2.80. The molecule has 0 aliphatic carbocycles. The minimum Gasteiger partial charge on any atom is -0.453 e. The number of aryl methyl sites for hydroxylation is 1. The van der Waals surface area contributed by atoms with Gasteiger partial charge in [0.25, 0.3) is 0 Å². The molecule has 0 unspecified atom stereocenters. The monoisotopic (exact) mass is 326 g/mol. The molecule has 1 saturated heterocycles. The molecule has 0 saturated carbocycles. The summed E-state index contributed by atoms with van der Waals surface area (Å²) in [5.41, 5.74) is 1.01. The Hall–Kier alpha value is -1.60. The van der Waals surface area contributed by atoms with Crippen molar-refractivity contribution in [3.8, 4) is 0 Å². The Bertz CT molecular complexity index is 589. The molecule has 1 aromatic rings. The quantitative estimate of drug-likeness (QED) is 0.837. The van der Waals surface area contributed by atoms with Crippen LogP contribution in [0.4, 0.5) is 4.79 Å². The fraction of sp³-hybridized carbons (Fsp3) is 0.533. The van der Waals surface area contributed by atoms with E-state index in [1.807, 2.05) is 30.3 Å². The van der Waals surface area contributed by atoms with Crippen molar-refractivity contribution in [2.24, 2.45) is 0 Å². The van der Waals surface area contributed by atoms with E-state index >= 15 is 0 Å². The Morgan fingerprint density at radius 1 is 1.14 bits per heavy atom.